The predicted octanol–water partition coefficient (Wildman–Crippen LogP) is 1.24. The van der Waals surface area contributed by atoms with Crippen LogP contribution in [0.5, 0.6) is 0 Å². The Labute approximate surface area is 65.7 Å². The van der Waals surface area contributed by atoms with Gasteiger partial charge in [0.25, 0.3) is 0 Å². The van der Waals surface area contributed by atoms with Crippen molar-refractivity contribution in [2.24, 2.45) is 5.92 Å². The van der Waals surface area contributed by atoms with Gasteiger partial charge in [0.1, 0.15) is 5.92 Å². The number of carboxylic acids is 1. The molecule has 0 bridgehead atoms. The molecule has 0 rings (SSSR count). The minimum absolute atomic E-state index is 0.305. The Kier molecular flexibility index (Phi) is 3.51. The molecule has 0 saturated carbocycles. The van der Waals surface area contributed by atoms with E-state index in [2.05, 4.69) is 6.58 Å². The molecule has 0 fully saturated rings. The first kappa shape index (κ1) is 9.88. The molecule has 0 aliphatic heterocycles. The average Bonchev–Trinajstić information content (AvgIpc) is 1.88. The first-order chi connectivity index (χ1) is 5.00. The van der Waals surface area contributed by atoms with Gasteiger partial charge in [-0.25, -0.2) is 0 Å². The molecule has 0 aromatic carbocycles. The number of ketones is 1. The molecule has 62 valence electrons. The second-order valence-corrected chi connectivity index (χ2v) is 2.44. The minimum Gasteiger partial charge on any atom is -0.481 e. The van der Waals surface area contributed by atoms with E-state index in [1.165, 1.54) is 6.92 Å². The highest BCUT2D eigenvalue weighted by Gasteiger charge is 2.23. The molecule has 11 heavy (non-hydrogen) atoms. The van der Waals surface area contributed by atoms with E-state index in [1.807, 2.05) is 0 Å². The monoisotopic (exact) mass is 156 g/mol. The fraction of sp³-hybridized carbons (Fsp3) is 0.500. The zero-order valence-electron chi connectivity index (χ0n) is 6.76. The second kappa shape index (κ2) is 3.91. The zero-order chi connectivity index (χ0) is 9.02. The van der Waals surface area contributed by atoms with E-state index in [0.29, 0.717) is 12.0 Å². The second-order valence-electron chi connectivity index (χ2n) is 2.44. The van der Waals surface area contributed by atoms with Gasteiger partial charge in [-0.1, -0.05) is 13.5 Å². The van der Waals surface area contributed by atoms with Crippen molar-refractivity contribution in [2.75, 3.05) is 0 Å². The van der Waals surface area contributed by atoms with Crippen LogP contribution in [0.3, 0.4) is 0 Å². The van der Waals surface area contributed by atoms with E-state index >= 15 is 0 Å². The fourth-order valence-corrected chi connectivity index (χ4v) is 0.770. The first-order valence-corrected chi connectivity index (χ1v) is 3.43. The molecule has 0 amide bonds. The summed E-state index contributed by atoms with van der Waals surface area (Å²) in [6, 6.07) is 0. The van der Waals surface area contributed by atoms with Crippen molar-refractivity contribution in [3.63, 3.8) is 0 Å². The summed E-state index contributed by atoms with van der Waals surface area (Å²) in [5, 5.41) is 8.53. The molecule has 0 aliphatic carbocycles. The molecular weight excluding hydrogens is 144 g/mol. The summed E-state index contributed by atoms with van der Waals surface area (Å²) < 4.78 is 0. The summed E-state index contributed by atoms with van der Waals surface area (Å²) in [7, 11) is 0. The van der Waals surface area contributed by atoms with Crippen LogP contribution in [0.15, 0.2) is 12.2 Å². The van der Waals surface area contributed by atoms with Crippen LogP contribution in [0, 0.1) is 5.92 Å². The molecule has 0 spiro atoms. The lowest BCUT2D eigenvalue weighted by Gasteiger charge is -2.06. The Morgan fingerprint density at radius 3 is 2.09 bits per heavy atom. The summed E-state index contributed by atoms with van der Waals surface area (Å²) in [5.41, 5.74) is 0.305. The quantitative estimate of drug-likeness (QED) is 0.492. The van der Waals surface area contributed by atoms with Gasteiger partial charge in [-0.05, 0) is 18.9 Å². The van der Waals surface area contributed by atoms with E-state index in [-0.39, 0.29) is 5.78 Å². The van der Waals surface area contributed by atoms with Crippen LogP contribution in [0.25, 0.3) is 0 Å². The van der Waals surface area contributed by atoms with Gasteiger partial charge in [-0.2, -0.15) is 0 Å². The van der Waals surface area contributed by atoms with Crippen LogP contribution >= 0.6 is 0 Å². The van der Waals surface area contributed by atoms with Crippen molar-refractivity contribution < 1.29 is 14.7 Å². The lowest BCUT2D eigenvalue weighted by molar-refractivity contribution is -0.145. The minimum atomic E-state index is -1.07. The maximum Gasteiger partial charge on any atom is 0.314 e. The standard InChI is InChI=1S/C8H12O3/c1-4-6(8(10)11)7(9)5(2)3/h6H,2,4H2,1,3H3,(H,10,11). The largest absolute Gasteiger partial charge is 0.481 e. The van der Waals surface area contributed by atoms with Gasteiger partial charge in [0, 0.05) is 0 Å². The molecule has 1 N–H and O–H groups in total. The number of carboxylic acid groups (broad SMARTS) is 1. The smallest absolute Gasteiger partial charge is 0.314 e. The summed E-state index contributed by atoms with van der Waals surface area (Å²) in [4.78, 5) is 21.4. The number of carbonyl (C=O) groups excluding carboxylic acids is 1. The van der Waals surface area contributed by atoms with E-state index in [1.54, 1.807) is 6.92 Å². The van der Waals surface area contributed by atoms with Gasteiger partial charge in [-0.3, -0.25) is 9.59 Å². The number of hydrogen-bond acceptors (Lipinski definition) is 2. The number of Topliss-reactive ketones (excluding diaryl/α,β-unsaturated/α-hetero) is 1. The molecule has 0 aliphatic rings. The number of aliphatic carboxylic acids is 1. The highest BCUT2D eigenvalue weighted by Crippen LogP contribution is 2.09. The van der Waals surface area contributed by atoms with Gasteiger partial charge in [0.2, 0.25) is 0 Å². The first-order valence-electron chi connectivity index (χ1n) is 3.43. The van der Waals surface area contributed by atoms with Crippen LogP contribution in [-0.2, 0) is 9.59 Å². The van der Waals surface area contributed by atoms with Crippen LogP contribution in [0.2, 0.25) is 0 Å². The van der Waals surface area contributed by atoms with Crippen molar-refractivity contribution in [3.05, 3.63) is 12.2 Å². The normalized spacial score (nSPS) is 12.2. The zero-order valence-corrected chi connectivity index (χ0v) is 6.76. The van der Waals surface area contributed by atoms with Gasteiger partial charge < -0.3 is 5.11 Å². The van der Waals surface area contributed by atoms with Crippen molar-refractivity contribution in [1.82, 2.24) is 0 Å². The van der Waals surface area contributed by atoms with Crippen molar-refractivity contribution in [3.8, 4) is 0 Å². The van der Waals surface area contributed by atoms with Gasteiger partial charge in [0.05, 0.1) is 0 Å². The van der Waals surface area contributed by atoms with E-state index < -0.39 is 11.9 Å². The van der Waals surface area contributed by atoms with E-state index in [4.69, 9.17) is 5.11 Å². The maximum atomic E-state index is 11.0. The molecular formula is C8H12O3. The Balaban J connectivity index is 4.39. The van der Waals surface area contributed by atoms with Gasteiger partial charge >= 0.3 is 5.97 Å². The Morgan fingerprint density at radius 1 is 1.55 bits per heavy atom. The SMILES string of the molecule is C=C(C)C(=O)C(CC)C(=O)O. The average molecular weight is 156 g/mol. The summed E-state index contributed by atoms with van der Waals surface area (Å²) in [6.45, 7) is 6.58. The molecule has 3 heteroatoms. The molecule has 0 radical (unpaired) electrons. The highest BCUT2D eigenvalue weighted by molar-refractivity contribution is 6.06. The van der Waals surface area contributed by atoms with Gasteiger partial charge in [-0.15, -0.1) is 0 Å². The van der Waals surface area contributed by atoms with Crippen LogP contribution in [0.4, 0.5) is 0 Å². The predicted molar refractivity (Wildman–Crippen MR) is 41.2 cm³/mol. The summed E-state index contributed by atoms with van der Waals surface area (Å²) in [5.74, 6) is -2.35. The lowest BCUT2D eigenvalue weighted by atomic mass is 9.97. The fourth-order valence-electron chi connectivity index (χ4n) is 0.770. The topological polar surface area (TPSA) is 54.4 Å². The third-order valence-corrected chi connectivity index (χ3v) is 1.44. The van der Waals surface area contributed by atoms with E-state index in [0.717, 1.165) is 0 Å². The van der Waals surface area contributed by atoms with Crippen LogP contribution < -0.4 is 0 Å². The molecule has 0 saturated heterocycles. The molecule has 0 aromatic rings. The lowest BCUT2D eigenvalue weighted by Crippen LogP contribution is -2.23. The van der Waals surface area contributed by atoms with Crippen LogP contribution in [-0.4, -0.2) is 16.9 Å². The van der Waals surface area contributed by atoms with Gasteiger partial charge in [0.15, 0.2) is 5.78 Å². The Morgan fingerprint density at radius 2 is 2.00 bits per heavy atom. The van der Waals surface area contributed by atoms with Crippen molar-refractivity contribution in [2.45, 2.75) is 20.3 Å². The summed E-state index contributed by atoms with van der Waals surface area (Å²) >= 11 is 0. The number of rotatable bonds is 4. The Bertz CT molecular complexity index is 194. The molecule has 1 atom stereocenters. The third-order valence-electron chi connectivity index (χ3n) is 1.44. The number of allylic oxidation sites excluding steroid dienone is 1. The van der Waals surface area contributed by atoms with Crippen LogP contribution in [0.1, 0.15) is 20.3 Å². The third kappa shape index (κ3) is 2.53. The van der Waals surface area contributed by atoms with Crippen molar-refractivity contribution in [1.29, 1.82) is 0 Å². The highest BCUT2D eigenvalue weighted by atomic mass is 16.4. The molecule has 0 aromatic heterocycles. The number of carbonyl (C=O) groups is 2. The molecule has 0 heterocycles. The van der Waals surface area contributed by atoms with E-state index in [9.17, 15) is 9.59 Å². The maximum absolute atomic E-state index is 11.0. The molecule has 1 unspecified atom stereocenters. The van der Waals surface area contributed by atoms with Crippen molar-refractivity contribution >= 4 is 11.8 Å². The number of hydrogen-bond donors (Lipinski definition) is 1. The Hall–Kier alpha value is -1.12. The molecule has 3 nitrogen and oxygen atoms in total. The summed E-state index contributed by atoms with van der Waals surface area (Å²) in [6.07, 6.45) is 0.320.